The van der Waals surface area contributed by atoms with Crippen LogP contribution in [0.1, 0.15) is 43.0 Å². The zero-order chi connectivity index (χ0) is 13.9. The van der Waals surface area contributed by atoms with Gasteiger partial charge in [-0.3, -0.25) is 4.79 Å². The summed E-state index contributed by atoms with van der Waals surface area (Å²) in [4.78, 5) is 15.5. The van der Waals surface area contributed by atoms with Crippen LogP contribution in [-0.2, 0) is 0 Å². The smallest absolute Gasteiger partial charge is 0.251 e. The second kappa shape index (κ2) is 5.70. The maximum Gasteiger partial charge on any atom is 0.251 e. The van der Waals surface area contributed by atoms with E-state index in [-0.39, 0.29) is 5.91 Å². The van der Waals surface area contributed by atoms with Gasteiger partial charge in [0.15, 0.2) is 0 Å². The fourth-order valence-electron chi connectivity index (χ4n) is 3.36. The van der Waals surface area contributed by atoms with Crippen LogP contribution in [0.4, 0.5) is 0 Å². The molecule has 0 radical (unpaired) electrons. The average Bonchev–Trinajstić information content (AvgIpc) is 2.93. The van der Waals surface area contributed by atoms with Crippen LogP contribution < -0.4 is 5.32 Å². The molecular formula is C17H22N2O. The van der Waals surface area contributed by atoms with Gasteiger partial charge in [-0.25, -0.2) is 0 Å². The lowest BCUT2D eigenvalue weighted by molar-refractivity contribution is 0.0942. The Morgan fingerprint density at radius 2 is 2.25 bits per heavy atom. The highest BCUT2D eigenvalue weighted by Gasteiger charge is 2.20. The minimum absolute atomic E-state index is 0.0495. The number of rotatable bonds is 3. The molecule has 0 bridgehead atoms. The van der Waals surface area contributed by atoms with Crippen molar-refractivity contribution in [2.24, 2.45) is 11.8 Å². The van der Waals surface area contributed by atoms with Crippen molar-refractivity contribution in [1.82, 2.24) is 10.3 Å². The number of aromatic nitrogens is 1. The minimum atomic E-state index is 0.0495. The van der Waals surface area contributed by atoms with E-state index in [1.54, 1.807) is 0 Å². The van der Waals surface area contributed by atoms with Crippen LogP contribution in [0.2, 0.25) is 0 Å². The first-order chi connectivity index (χ1) is 9.74. The van der Waals surface area contributed by atoms with Crippen LogP contribution in [0.25, 0.3) is 10.9 Å². The van der Waals surface area contributed by atoms with Gasteiger partial charge >= 0.3 is 0 Å². The lowest BCUT2D eigenvalue weighted by atomic mass is 9.82. The molecule has 1 fully saturated rings. The van der Waals surface area contributed by atoms with Gasteiger partial charge in [0.05, 0.1) is 0 Å². The first-order valence-corrected chi connectivity index (χ1v) is 7.58. The van der Waals surface area contributed by atoms with Crippen LogP contribution in [0, 0.1) is 11.8 Å². The fraction of sp³-hybridized carbons (Fsp3) is 0.471. The topological polar surface area (TPSA) is 44.9 Å². The first-order valence-electron chi connectivity index (χ1n) is 7.58. The van der Waals surface area contributed by atoms with Crippen molar-refractivity contribution < 1.29 is 4.79 Å². The Kier molecular flexibility index (Phi) is 3.77. The second-order valence-corrected chi connectivity index (χ2v) is 6.09. The molecule has 1 aromatic heterocycles. The third-order valence-electron chi connectivity index (χ3n) is 4.44. The lowest BCUT2D eigenvalue weighted by Gasteiger charge is -2.26. The Balaban J connectivity index is 1.66. The van der Waals surface area contributed by atoms with Crippen LogP contribution in [0.5, 0.6) is 0 Å². The Hall–Kier alpha value is -1.77. The molecule has 2 N–H and O–H groups in total. The molecule has 20 heavy (non-hydrogen) atoms. The van der Waals surface area contributed by atoms with Gasteiger partial charge < -0.3 is 10.3 Å². The van der Waals surface area contributed by atoms with E-state index in [0.29, 0.717) is 5.92 Å². The number of hydrogen-bond donors (Lipinski definition) is 2. The summed E-state index contributed by atoms with van der Waals surface area (Å²) < 4.78 is 0. The Morgan fingerprint density at radius 1 is 1.35 bits per heavy atom. The molecule has 0 spiro atoms. The van der Waals surface area contributed by atoms with E-state index in [9.17, 15) is 4.79 Å². The number of benzene rings is 1. The molecule has 2 aromatic rings. The summed E-state index contributed by atoms with van der Waals surface area (Å²) in [6.45, 7) is 3.12. The molecule has 1 amide bonds. The lowest BCUT2D eigenvalue weighted by Crippen LogP contribution is -2.31. The number of aromatic amines is 1. The van der Waals surface area contributed by atoms with Gasteiger partial charge in [0, 0.05) is 29.2 Å². The molecule has 1 heterocycles. The standard InChI is InChI=1S/C17H22N2O/c1-12-4-2-5-13(10-12)11-19-17(20)15-6-3-7-16-14(15)8-9-18-16/h3,6-9,12-13,18H,2,4-5,10-11H2,1H3,(H,19,20). The number of H-pyrrole nitrogens is 1. The Morgan fingerprint density at radius 3 is 3.10 bits per heavy atom. The van der Waals surface area contributed by atoms with Crippen molar-refractivity contribution in [3.63, 3.8) is 0 Å². The molecule has 0 saturated heterocycles. The zero-order valence-electron chi connectivity index (χ0n) is 12.0. The summed E-state index contributed by atoms with van der Waals surface area (Å²) in [6.07, 6.45) is 7.01. The summed E-state index contributed by atoms with van der Waals surface area (Å²) in [5, 5.41) is 4.12. The molecule has 3 heteroatoms. The van der Waals surface area contributed by atoms with Gasteiger partial charge in [-0.05, 0) is 42.9 Å². The highest BCUT2D eigenvalue weighted by molar-refractivity contribution is 6.06. The number of amides is 1. The predicted octanol–water partition coefficient (Wildman–Crippen LogP) is 3.72. The summed E-state index contributed by atoms with van der Waals surface area (Å²) in [5.74, 6) is 1.50. The van der Waals surface area contributed by atoms with Crippen molar-refractivity contribution >= 4 is 16.8 Å². The number of carbonyl (C=O) groups excluding carboxylic acids is 1. The molecule has 2 unspecified atom stereocenters. The van der Waals surface area contributed by atoms with Gasteiger partial charge in [-0.1, -0.05) is 25.8 Å². The molecular weight excluding hydrogens is 248 g/mol. The molecule has 2 atom stereocenters. The number of carbonyl (C=O) groups is 1. The van der Waals surface area contributed by atoms with Crippen molar-refractivity contribution in [3.05, 3.63) is 36.0 Å². The SMILES string of the molecule is CC1CCCC(CNC(=O)c2cccc3[nH]ccc23)C1. The van der Waals surface area contributed by atoms with E-state index in [1.165, 1.54) is 25.7 Å². The van der Waals surface area contributed by atoms with E-state index in [4.69, 9.17) is 0 Å². The normalized spacial score (nSPS) is 22.9. The van der Waals surface area contributed by atoms with E-state index in [1.807, 2.05) is 30.5 Å². The van der Waals surface area contributed by atoms with Gasteiger partial charge in [0.25, 0.3) is 5.91 Å². The van der Waals surface area contributed by atoms with E-state index < -0.39 is 0 Å². The van der Waals surface area contributed by atoms with Crippen molar-refractivity contribution in [2.45, 2.75) is 32.6 Å². The van der Waals surface area contributed by atoms with Crippen LogP contribution in [-0.4, -0.2) is 17.4 Å². The number of fused-ring (bicyclic) bond motifs is 1. The maximum atomic E-state index is 12.4. The van der Waals surface area contributed by atoms with E-state index in [2.05, 4.69) is 17.2 Å². The molecule has 1 aliphatic carbocycles. The molecule has 3 rings (SSSR count). The Bertz CT molecular complexity index is 602. The summed E-state index contributed by atoms with van der Waals surface area (Å²) >= 11 is 0. The predicted molar refractivity (Wildman–Crippen MR) is 81.8 cm³/mol. The molecule has 3 nitrogen and oxygen atoms in total. The first kappa shape index (κ1) is 13.2. The molecule has 1 aromatic carbocycles. The summed E-state index contributed by atoms with van der Waals surface area (Å²) in [7, 11) is 0. The highest BCUT2D eigenvalue weighted by atomic mass is 16.1. The van der Waals surface area contributed by atoms with Crippen LogP contribution in [0.3, 0.4) is 0 Å². The average molecular weight is 270 g/mol. The minimum Gasteiger partial charge on any atom is -0.361 e. The van der Waals surface area contributed by atoms with Crippen molar-refractivity contribution in [2.75, 3.05) is 6.54 Å². The quantitative estimate of drug-likeness (QED) is 0.877. The maximum absolute atomic E-state index is 12.4. The number of nitrogens with one attached hydrogen (secondary N) is 2. The second-order valence-electron chi connectivity index (χ2n) is 6.09. The molecule has 0 aliphatic heterocycles. The third kappa shape index (κ3) is 2.72. The van der Waals surface area contributed by atoms with E-state index in [0.717, 1.165) is 28.9 Å². The molecule has 106 valence electrons. The Labute approximate surface area is 119 Å². The van der Waals surface area contributed by atoms with Crippen LogP contribution in [0.15, 0.2) is 30.5 Å². The zero-order valence-corrected chi connectivity index (χ0v) is 12.0. The fourth-order valence-corrected chi connectivity index (χ4v) is 3.36. The van der Waals surface area contributed by atoms with Gasteiger partial charge in [-0.15, -0.1) is 0 Å². The molecule has 1 saturated carbocycles. The van der Waals surface area contributed by atoms with E-state index >= 15 is 0 Å². The van der Waals surface area contributed by atoms with Gasteiger partial charge in [0.1, 0.15) is 0 Å². The van der Waals surface area contributed by atoms with Crippen LogP contribution >= 0.6 is 0 Å². The monoisotopic (exact) mass is 270 g/mol. The summed E-state index contributed by atoms with van der Waals surface area (Å²) in [5.41, 5.74) is 1.79. The van der Waals surface area contributed by atoms with Crippen molar-refractivity contribution in [3.8, 4) is 0 Å². The number of hydrogen-bond acceptors (Lipinski definition) is 1. The van der Waals surface area contributed by atoms with Gasteiger partial charge in [-0.2, -0.15) is 0 Å². The third-order valence-corrected chi connectivity index (χ3v) is 4.44. The van der Waals surface area contributed by atoms with Crippen molar-refractivity contribution in [1.29, 1.82) is 0 Å². The van der Waals surface area contributed by atoms with Gasteiger partial charge in [0.2, 0.25) is 0 Å². The highest BCUT2D eigenvalue weighted by Crippen LogP contribution is 2.28. The summed E-state index contributed by atoms with van der Waals surface area (Å²) in [6, 6.07) is 7.79. The molecule has 1 aliphatic rings. The largest absolute Gasteiger partial charge is 0.361 e.